The molecule has 0 saturated carbocycles. The molecule has 3 rings (SSSR count). The summed E-state index contributed by atoms with van der Waals surface area (Å²) in [6, 6.07) is 14.7. The number of nitrogens with zero attached hydrogens (tertiary/aromatic N) is 2. The van der Waals surface area contributed by atoms with Crippen LogP contribution in [0.25, 0.3) is 0 Å². The van der Waals surface area contributed by atoms with Crippen LogP contribution in [0.15, 0.2) is 67.1 Å². The summed E-state index contributed by atoms with van der Waals surface area (Å²) in [5.74, 6) is 1.46. The number of pyridine rings is 2. The van der Waals surface area contributed by atoms with Crippen LogP contribution in [0.1, 0.15) is 11.1 Å². The van der Waals surface area contributed by atoms with Gasteiger partial charge in [0.05, 0.1) is 13.5 Å². The van der Waals surface area contributed by atoms with Crippen LogP contribution in [0.3, 0.4) is 0 Å². The summed E-state index contributed by atoms with van der Waals surface area (Å²) in [6.07, 6.45) is 5.25. The lowest BCUT2D eigenvalue weighted by atomic mass is 10.1. The Morgan fingerprint density at radius 3 is 2.69 bits per heavy atom. The molecule has 0 saturated heterocycles. The van der Waals surface area contributed by atoms with Crippen molar-refractivity contribution in [3.8, 4) is 11.5 Å². The molecule has 0 atom stereocenters. The average molecular weight is 349 g/mol. The van der Waals surface area contributed by atoms with Crippen molar-refractivity contribution in [2.75, 3.05) is 12.4 Å². The van der Waals surface area contributed by atoms with Crippen LogP contribution in [0.2, 0.25) is 0 Å². The van der Waals surface area contributed by atoms with Gasteiger partial charge in [0, 0.05) is 18.6 Å². The molecule has 0 spiro atoms. The van der Waals surface area contributed by atoms with E-state index in [1.54, 1.807) is 37.8 Å². The minimum absolute atomic E-state index is 0.175. The molecule has 0 aliphatic carbocycles. The number of nitrogens with one attached hydrogen (secondary N) is 1. The molecule has 132 valence electrons. The minimum Gasteiger partial charge on any atom is -0.497 e. The minimum atomic E-state index is -0.175. The molecule has 2 heterocycles. The number of anilines is 1. The van der Waals surface area contributed by atoms with Crippen molar-refractivity contribution in [2.24, 2.45) is 0 Å². The summed E-state index contributed by atoms with van der Waals surface area (Å²) < 4.78 is 11.0. The maximum Gasteiger partial charge on any atom is 0.230 e. The van der Waals surface area contributed by atoms with Crippen molar-refractivity contribution >= 4 is 11.7 Å². The van der Waals surface area contributed by atoms with Crippen molar-refractivity contribution in [3.63, 3.8) is 0 Å². The number of rotatable bonds is 7. The van der Waals surface area contributed by atoms with E-state index in [4.69, 9.17) is 9.47 Å². The van der Waals surface area contributed by atoms with E-state index in [0.29, 0.717) is 18.2 Å². The van der Waals surface area contributed by atoms with Crippen LogP contribution in [-0.4, -0.2) is 23.0 Å². The summed E-state index contributed by atoms with van der Waals surface area (Å²) >= 11 is 0. The van der Waals surface area contributed by atoms with Crippen molar-refractivity contribution in [2.45, 2.75) is 13.0 Å². The van der Waals surface area contributed by atoms with Gasteiger partial charge in [0.15, 0.2) is 11.6 Å². The maximum atomic E-state index is 12.4. The van der Waals surface area contributed by atoms with Gasteiger partial charge in [0.25, 0.3) is 0 Å². The summed E-state index contributed by atoms with van der Waals surface area (Å²) in [4.78, 5) is 20.5. The molecule has 0 aliphatic heterocycles. The van der Waals surface area contributed by atoms with Gasteiger partial charge in [-0.1, -0.05) is 12.1 Å². The van der Waals surface area contributed by atoms with Gasteiger partial charge in [-0.05, 0) is 47.5 Å². The summed E-state index contributed by atoms with van der Waals surface area (Å²) in [5, 5.41) is 2.80. The monoisotopic (exact) mass is 349 g/mol. The van der Waals surface area contributed by atoms with Crippen molar-refractivity contribution in [1.82, 2.24) is 9.97 Å². The van der Waals surface area contributed by atoms with Gasteiger partial charge in [-0.2, -0.15) is 0 Å². The van der Waals surface area contributed by atoms with Gasteiger partial charge in [-0.25, -0.2) is 4.98 Å². The molecule has 6 heteroatoms. The van der Waals surface area contributed by atoms with Gasteiger partial charge in [0.2, 0.25) is 5.91 Å². The van der Waals surface area contributed by atoms with Crippen LogP contribution < -0.4 is 14.8 Å². The van der Waals surface area contributed by atoms with E-state index in [2.05, 4.69) is 15.3 Å². The first-order chi connectivity index (χ1) is 12.7. The molecule has 2 aromatic heterocycles. The quantitative estimate of drug-likeness (QED) is 0.709. The summed E-state index contributed by atoms with van der Waals surface area (Å²) in [5.41, 5.74) is 1.84. The number of carbonyl (C=O) groups excluding carboxylic acids is 1. The number of ether oxygens (including phenoxy) is 2. The molecule has 3 aromatic rings. The second-order valence-electron chi connectivity index (χ2n) is 5.57. The highest BCUT2D eigenvalue weighted by Crippen LogP contribution is 2.22. The van der Waals surface area contributed by atoms with Gasteiger partial charge < -0.3 is 14.8 Å². The fraction of sp³-hybridized carbons (Fsp3) is 0.150. The zero-order chi connectivity index (χ0) is 18.2. The average Bonchev–Trinajstić information content (AvgIpc) is 2.68. The smallest absolute Gasteiger partial charge is 0.230 e. The predicted molar refractivity (Wildman–Crippen MR) is 98.1 cm³/mol. The Kier molecular flexibility index (Phi) is 5.77. The number of carbonyl (C=O) groups is 1. The Morgan fingerprint density at radius 2 is 1.88 bits per heavy atom. The molecule has 1 N–H and O–H groups in total. The number of aromatic nitrogens is 2. The third kappa shape index (κ3) is 4.80. The SMILES string of the molecule is COc1cccc(CC(=O)Nc2ncccc2OCc2ccncc2)c1. The molecule has 0 fully saturated rings. The van der Waals surface area contributed by atoms with Crippen molar-refractivity contribution in [3.05, 3.63) is 78.2 Å². The van der Waals surface area contributed by atoms with Gasteiger partial charge in [0.1, 0.15) is 12.4 Å². The Morgan fingerprint density at radius 1 is 1.04 bits per heavy atom. The van der Waals surface area contributed by atoms with Crippen LogP contribution in [-0.2, 0) is 17.8 Å². The van der Waals surface area contributed by atoms with Crippen LogP contribution >= 0.6 is 0 Å². The lowest BCUT2D eigenvalue weighted by molar-refractivity contribution is -0.115. The summed E-state index contributed by atoms with van der Waals surface area (Å²) in [6.45, 7) is 0.368. The number of amides is 1. The Labute approximate surface area is 151 Å². The molecule has 1 aromatic carbocycles. The molecule has 26 heavy (non-hydrogen) atoms. The standard InChI is InChI=1S/C20H19N3O3/c1-25-17-5-2-4-16(12-17)13-19(24)23-20-18(6-3-9-22-20)26-14-15-7-10-21-11-8-15/h2-12H,13-14H2,1H3,(H,22,23,24). The second-order valence-corrected chi connectivity index (χ2v) is 5.57. The number of hydrogen-bond donors (Lipinski definition) is 1. The molecule has 0 unspecified atom stereocenters. The number of hydrogen-bond acceptors (Lipinski definition) is 5. The van der Waals surface area contributed by atoms with Crippen LogP contribution in [0.5, 0.6) is 11.5 Å². The largest absolute Gasteiger partial charge is 0.497 e. The fourth-order valence-corrected chi connectivity index (χ4v) is 2.39. The van der Waals surface area contributed by atoms with Crippen molar-refractivity contribution in [1.29, 1.82) is 0 Å². The highest BCUT2D eigenvalue weighted by molar-refractivity contribution is 5.92. The first-order valence-corrected chi connectivity index (χ1v) is 8.14. The zero-order valence-electron chi connectivity index (χ0n) is 14.4. The maximum absolute atomic E-state index is 12.4. The molecule has 0 radical (unpaired) electrons. The molecule has 6 nitrogen and oxygen atoms in total. The van der Waals surface area contributed by atoms with E-state index in [0.717, 1.165) is 16.9 Å². The highest BCUT2D eigenvalue weighted by atomic mass is 16.5. The first kappa shape index (κ1) is 17.4. The van der Waals surface area contributed by atoms with Crippen molar-refractivity contribution < 1.29 is 14.3 Å². The Hall–Kier alpha value is -3.41. The molecule has 1 amide bonds. The molecule has 0 aliphatic rings. The third-order valence-corrected chi connectivity index (χ3v) is 3.67. The molecular weight excluding hydrogens is 330 g/mol. The van der Waals surface area contributed by atoms with Gasteiger partial charge >= 0.3 is 0 Å². The lowest BCUT2D eigenvalue weighted by Crippen LogP contribution is -2.16. The fourth-order valence-electron chi connectivity index (χ4n) is 2.39. The number of methoxy groups -OCH3 is 1. The molecule has 0 bridgehead atoms. The van der Waals surface area contributed by atoms with Gasteiger partial charge in [-0.3, -0.25) is 9.78 Å². The van der Waals surface area contributed by atoms with E-state index in [1.165, 1.54) is 0 Å². The normalized spacial score (nSPS) is 10.2. The van der Waals surface area contributed by atoms with E-state index in [9.17, 15) is 4.79 Å². The van der Waals surface area contributed by atoms with E-state index in [-0.39, 0.29) is 12.3 Å². The van der Waals surface area contributed by atoms with E-state index < -0.39 is 0 Å². The Balaban J connectivity index is 1.64. The first-order valence-electron chi connectivity index (χ1n) is 8.14. The third-order valence-electron chi connectivity index (χ3n) is 3.67. The summed E-state index contributed by atoms with van der Waals surface area (Å²) in [7, 11) is 1.60. The highest BCUT2D eigenvalue weighted by Gasteiger charge is 2.10. The topological polar surface area (TPSA) is 73.3 Å². The Bertz CT molecular complexity index is 869. The predicted octanol–water partition coefficient (Wildman–Crippen LogP) is 3.25. The van der Waals surface area contributed by atoms with Gasteiger partial charge in [-0.15, -0.1) is 0 Å². The van der Waals surface area contributed by atoms with Crippen LogP contribution in [0.4, 0.5) is 5.82 Å². The lowest BCUT2D eigenvalue weighted by Gasteiger charge is -2.11. The molecular formula is C20H19N3O3. The van der Waals surface area contributed by atoms with Crippen LogP contribution in [0, 0.1) is 0 Å². The number of benzene rings is 1. The van der Waals surface area contributed by atoms with E-state index in [1.807, 2.05) is 36.4 Å². The van der Waals surface area contributed by atoms with E-state index >= 15 is 0 Å². The second kappa shape index (κ2) is 8.62. The zero-order valence-corrected chi connectivity index (χ0v) is 14.4.